The maximum Gasteiger partial charge on any atom is 0.256 e. The van der Waals surface area contributed by atoms with E-state index >= 15 is 0 Å². The number of nitrogens with zero attached hydrogens (tertiary/aromatic N) is 4. The van der Waals surface area contributed by atoms with Gasteiger partial charge < -0.3 is 24.4 Å². The van der Waals surface area contributed by atoms with Crippen molar-refractivity contribution in [1.82, 2.24) is 14.9 Å². The van der Waals surface area contributed by atoms with E-state index in [9.17, 15) is 9.90 Å². The van der Waals surface area contributed by atoms with Gasteiger partial charge in [0, 0.05) is 32.0 Å². The lowest BCUT2D eigenvalue weighted by atomic mass is 10.1. The summed E-state index contributed by atoms with van der Waals surface area (Å²) in [4.78, 5) is 25.6. The molecular weight excluding hydrogens is 384 g/mol. The molecular formula is C22H28N4O4. The maximum atomic E-state index is 12.6. The molecule has 8 nitrogen and oxygen atoms in total. The molecule has 2 aromatic heterocycles. The molecule has 1 N–H and O–H groups in total. The number of hydrogen-bond acceptors (Lipinski definition) is 7. The Bertz CT molecular complexity index is 910. The van der Waals surface area contributed by atoms with Gasteiger partial charge in [-0.2, -0.15) is 0 Å². The summed E-state index contributed by atoms with van der Waals surface area (Å²) in [5.41, 5.74) is 2.45. The third kappa shape index (κ3) is 3.92. The predicted octanol–water partition coefficient (Wildman–Crippen LogP) is 2.18. The Balaban J connectivity index is 1.41. The lowest BCUT2D eigenvalue weighted by Gasteiger charge is -2.33. The molecule has 1 fully saturated rings. The Labute approximate surface area is 176 Å². The van der Waals surface area contributed by atoms with Crippen LogP contribution in [0.15, 0.2) is 24.4 Å². The molecule has 1 amide bonds. The first kappa shape index (κ1) is 20.4. The molecule has 30 heavy (non-hydrogen) atoms. The van der Waals surface area contributed by atoms with Crippen molar-refractivity contribution >= 4 is 11.7 Å². The molecule has 0 radical (unpaired) electrons. The van der Waals surface area contributed by atoms with E-state index in [-0.39, 0.29) is 24.7 Å². The van der Waals surface area contributed by atoms with Gasteiger partial charge in [-0.15, -0.1) is 0 Å². The minimum absolute atomic E-state index is 0.0473. The number of anilines is 1. The third-order valence-corrected chi connectivity index (χ3v) is 5.84. The van der Waals surface area contributed by atoms with Crippen molar-refractivity contribution < 1.29 is 19.4 Å². The number of hydrogen-bond donors (Lipinski definition) is 1. The number of fused-ring (bicyclic) bond motifs is 1. The van der Waals surface area contributed by atoms with Crippen molar-refractivity contribution in [2.75, 3.05) is 31.7 Å². The van der Waals surface area contributed by atoms with Crippen molar-refractivity contribution in [3.8, 4) is 11.6 Å². The first-order valence-corrected chi connectivity index (χ1v) is 10.3. The standard InChI is InChI=1S/C22H28N4O4/c1-14-10-18-19(12-26(22(18)28)15(2)13-27)24-21(14)25-8-6-16(7-9-25)30-17-4-5-20(29-3)23-11-17/h4-5,10-11,15-16,27H,6-9,12-13H2,1-3H3/t15-/m1/s1. The van der Waals surface area contributed by atoms with E-state index in [1.165, 1.54) is 0 Å². The molecule has 160 valence electrons. The van der Waals surface area contributed by atoms with Crippen LogP contribution in [0.25, 0.3) is 0 Å². The second kappa shape index (κ2) is 8.47. The van der Waals surface area contributed by atoms with Gasteiger partial charge in [-0.1, -0.05) is 0 Å². The van der Waals surface area contributed by atoms with Crippen LogP contribution < -0.4 is 14.4 Å². The molecule has 4 heterocycles. The van der Waals surface area contributed by atoms with Crippen LogP contribution in [-0.4, -0.2) is 64.8 Å². The van der Waals surface area contributed by atoms with Crippen molar-refractivity contribution in [1.29, 1.82) is 0 Å². The summed E-state index contributed by atoms with van der Waals surface area (Å²) in [6.07, 6.45) is 3.59. The predicted molar refractivity (Wildman–Crippen MR) is 112 cm³/mol. The number of aliphatic hydroxyl groups excluding tert-OH is 1. The average Bonchev–Trinajstić information content (AvgIpc) is 3.09. The number of aryl methyl sites for hydroxylation is 1. The first-order chi connectivity index (χ1) is 14.5. The van der Waals surface area contributed by atoms with Crippen LogP contribution in [-0.2, 0) is 6.54 Å². The number of methoxy groups -OCH3 is 1. The fraction of sp³-hybridized carbons (Fsp3) is 0.500. The van der Waals surface area contributed by atoms with Gasteiger partial charge >= 0.3 is 0 Å². The molecule has 1 saturated heterocycles. The minimum atomic E-state index is -0.212. The summed E-state index contributed by atoms with van der Waals surface area (Å²) in [6.45, 7) is 5.92. The van der Waals surface area contributed by atoms with Crippen molar-refractivity contribution in [2.45, 2.75) is 45.4 Å². The summed E-state index contributed by atoms with van der Waals surface area (Å²) < 4.78 is 11.2. The molecule has 0 saturated carbocycles. The molecule has 1 atom stereocenters. The van der Waals surface area contributed by atoms with Crippen molar-refractivity contribution in [3.05, 3.63) is 41.2 Å². The molecule has 0 aromatic carbocycles. The molecule has 0 bridgehead atoms. The van der Waals surface area contributed by atoms with E-state index in [0.717, 1.165) is 48.8 Å². The summed E-state index contributed by atoms with van der Waals surface area (Å²) in [5, 5.41) is 9.42. The number of aliphatic hydroxyl groups is 1. The van der Waals surface area contributed by atoms with Gasteiger partial charge in [0.2, 0.25) is 5.88 Å². The van der Waals surface area contributed by atoms with Gasteiger partial charge in [0.25, 0.3) is 5.91 Å². The van der Waals surface area contributed by atoms with E-state index in [1.54, 1.807) is 24.3 Å². The quantitative estimate of drug-likeness (QED) is 0.778. The molecule has 2 aromatic rings. The SMILES string of the molecule is COc1ccc(OC2CCN(c3nc4c(cc3C)C(=O)N([C@H](C)CO)C4)CC2)cn1. The summed E-state index contributed by atoms with van der Waals surface area (Å²) in [6, 6.07) is 5.40. The lowest BCUT2D eigenvalue weighted by molar-refractivity contribution is 0.0643. The van der Waals surface area contributed by atoms with Crippen LogP contribution in [0.5, 0.6) is 11.6 Å². The van der Waals surface area contributed by atoms with Crippen LogP contribution in [0.1, 0.15) is 41.4 Å². The normalized spacial score (nSPS) is 17.8. The molecule has 0 spiro atoms. The van der Waals surface area contributed by atoms with Crippen molar-refractivity contribution in [2.24, 2.45) is 0 Å². The fourth-order valence-corrected chi connectivity index (χ4v) is 4.04. The number of carbonyl (C=O) groups is 1. The lowest BCUT2D eigenvalue weighted by Crippen LogP contribution is -2.39. The Morgan fingerprint density at radius 3 is 2.70 bits per heavy atom. The van der Waals surface area contributed by atoms with Crippen LogP contribution in [0.2, 0.25) is 0 Å². The number of ether oxygens (including phenoxy) is 2. The Kier molecular flexibility index (Phi) is 5.76. The number of carbonyl (C=O) groups excluding carboxylic acids is 1. The maximum absolute atomic E-state index is 12.6. The summed E-state index contributed by atoms with van der Waals surface area (Å²) in [5.74, 6) is 2.21. The van der Waals surface area contributed by atoms with Gasteiger partial charge in [0.15, 0.2) is 0 Å². The van der Waals surface area contributed by atoms with Gasteiger partial charge in [-0.25, -0.2) is 9.97 Å². The molecule has 0 aliphatic carbocycles. The van der Waals surface area contributed by atoms with Gasteiger partial charge in [-0.05, 0) is 31.5 Å². The monoisotopic (exact) mass is 412 g/mol. The van der Waals surface area contributed by atoms with Crippen LogP contribution in [0.3, 0.4) is 0 Å². The summed E-state index contributed by atoms with van der Waals surface area (Å²) in [7, 11) is 1.59. The van der Waals surface area contributed by atoms with Gasteiger partial charge in [0.1, 0.15) is 17.7 Å². The smallest absolute Gasteiger partial charge is 0.256 e. The fourth-order valence-electron chi connectivity index (χ4n) is 4.04. The van der Waals surface area contributed by atoms with Gasteiger partial charge in [-0.3, -0.25) is 4.79 Å². The molecule has 2 aliphatic rings. The molecule has 0 unspecified atom stereocenters. The third-order valence-electron chi connectivity index (χ3n) is 5.84. The average molecular weight is 412 g/mol. The second-order valence-corrected chi connectivity index (χ2v) is 7.93. The number of amides is 1. The van der Waals surface area contributed by atoms with E-state index < -0.39 is 0 Å². The largest absolute Gasteiger partial charge is 0.489 e. The second-order valence-electron chi connectivity index (χ2n) is 7.93. The highest BCUT2D eigenvalue weighted by Gasteiger charge is 2.33. The number of rotatable bonds is 6. The van der Waals surface area contributed by atoms with E-state index in [0.29, 0.717) is 18.0 Å². The zero-order chi connectivity index (χ0) is 21.3. The zero-order valence-electron chi connectivity index (χ0n) is 17.7. The highest BCUT2D eigenvalue weighted by molar-refractivity contribution is 5.98. The van der Waals surface area contributed by atoms with Crippen LogP contribution >= 0.6 is 0 Å². The Morgan fingerprint density at radius 1 is 1.30 bits per heavy atom. The first-order valence-electron chi connectivity index (χ1n) is 10.3. The van der Waals surface area contributed by atoms with Crippen molar-refractivity contribution in [3.63, 3.8) is 0 Å². The van der Waals surface area contributed by atoms with Gasteiger partial charge in [0.05, 0.1) is 43.8 Å². The minimum Gasteiger partial charge on any atom is -0.489 e. The Morgan fingerprint density at radius 2 is 2.07 bits per heavy atom. The topological polar surface area (TPSA) is 88.0 Å². The Hall–Kier alpha value is -2.87. The molecule has 8 heteroatoms. The summed E-state index contributed by atoms with van der Waals surface area (Å²) >= 11 is 0. The highest BCUT2D eigenvalue weighted by Crippen LogP contribution is 2.30. The van der Waals surface area contributed by atoms with E-state index in [1.807, 2.05) is 26.0 Å². The number of aromatic nitrogens is 2. The molecule has 4 rings (SSSR count). The van der Waals surface area contributed by atoms with E-state index in [2.05, 4.69) is 9.88 Å². The van der Waals surface area contributed by atoms with Crippen LogP contribution in [0, 0.1) is 6.92 Å². The number of piperidine rings is 1. The van der Waals surface area contributed by atoms with E-state index in [4.69, 9.17) is 14.5 Å². The molecule has 2 aliphatic heterocycles. The number of pyridine rings is 2. The van der Waals surface area contributed by atoms with Crippen LogP contribution in [0.4, 0.5) is 5.82 Å². The zero-order valence-corrected chi connectivity index (χ0v) is 17.7. The highest BCUT2D eigenvalue weighted by atomic mass is 16.5.